The Morgan fingerprint density at radius 3 is 2.78 bits per heavy atom. The van der Waals surface area contributed by atoms with Gasteiger partial charge in [0.15, 0.2) is 0 Å². The van der Waals surface area contributed by atoms with Crippen LogP contribution in [0.4, 0.5) is 4.39 Å². The summed E-state index contributed by atoms with van der Waals surface area (Å²) in [6.07, 6.45) is 2.96. The van der Waals surface area contributed by atoms with Gasteiger partial charge in [-0.3, -0.25) is 4.79 Å². The largest absolute Gasteiger partial charge is 0.353 e. The van der Waals surface area contributed by atoms with E-state index in [0.717, 1.165) is 42.2 Å². The van der Waals surface area contributed by atoms with Gasteiger partial charge in [-0.15, -0.1) is 11.3 Å². The Balaban J connectivity index is 1.52. The number of carbonyl (C=O) groups excluding carboxylic acids is 1. The number of hydrogen-bond donors (Lipinski definition) is 2. The first-order chi connectivity index (χ1) is 11.2. The van der Waals surface area contributed by atoms with Gasteiger partial charge in [-0.2, -0.15) is 0 Å². The lowest BCUT2D eigenvalue weighted by molar-refractivity contribution is -0.121. The highest BCUT2D eigenvalue weighted by atomic mass is 32.1. The highest BCUT2D eigenvalue weighted by Gasteiger charge is 2.16. The van der Waals surface area contributed by atoms with Crippen LogP contribution in [0, 0.1) is 5.82 Å². The fourth-order valence-corrected chi connectivity index (χ4v) is 3.53. The predicted octanol–water partition coefficient (Wildman–Crippen LogP) is 2.28. The minimum atomic E-state index is -0.233. The Hall–Kier alpha value is -1.79. The van der Waals surface area contributed by atoms with Crippen LogP contribution in [0.5, 0.6) is 0 Å². The summed E-state index contributed by atoms with van der Waals surface area (Å²) in [5.41, 5.74) is 1.82. The van der Waals surface area contributed by atoms with E-state index >= 15 is 0 Å². The molecule has 122 valence electrons. The van der Waals surface area contributed by atoms with Crippen LogP contribution in [0.15, 0.2) is 29.6 Å². The number of halogens is 1. The minimum Gasteiger partial charge on any atom is -0.353 e. The number of rotatable bonds is 5. The summed E-state index contributed by atoms with van der Waals surface area (Å²) in [5, 5.41) is 9.24. The van der Waals surface area contributed by atoms with Crippen LogP contribution in [-0.4, -0.2) is 30.0 Å². The first kappa shape index (κ1) is 16.1. The SMILES string of the molecule is O=C(Cc1csc(Cc2ccc(F)cc2)n1)NC1CCNCC1. The molecule has 0 atom stereocenters. The molecule has 1 saturated heterocycles. The van der Waals surface area contributed by atoms with E-state index in [2.05, 4.69) is 15.6 Å². The molecule has 0 bridgehead atoms. The van der Waals surface area contributed by atoms with Crippen LogP contribution in [0.25, 0.3) is 0 Å². The van der Waals surface area contributed by atoms with Crippen LogP contribution < -0.4 is 10.6 Å². The van der Waals surface area contributed by atoms with Crippen molar-refractivity contribution in [3.8, 4) is 0 Å². The molecule has 2 heterocycles. The fourth-order valence-electron chi connectivity index (χ4n) is 2.70. The number of thiazole rings is 1. The maximum Gasteiger partial charge on any atom is 0.226 e. The molecule has 0 aliphatic carbocycles. The summed E-state index contributed by atoms with van der Waals surface area (Å²) in [4.78, 5) is 16.6. The molecule has 0 unspecified atom stereocenters. The smallest absolute Gasteiger partial charge is 0.226 e. The van der Waals surface area contributed by atoms with Gasteiger partial charge in [0, 0.05) is 17.8 Å². The number of nitrogens with zero attached hydrogens (tertiary/aromatic N) is 1. The van der Waals surface area contributed by atoms with Gasteiger partial charge in [-0.1, -0.05) is 12.1 Å². The Labute approximate surface area is 139 Å². The highest BCUT2D eigenvalue weighted by molar-refractivity contribution is 7.09. The summed E-state index contributed by atoms with van der Waals surface area (Å²) in [7, 11) is 0. The van der Waals surface area contributed by atoms with Crippen molar-refractivity contribution in [2.75, 3.05) is 13.1 Å². The maximum atomic E-state index is 12.9. The number of benzene rings is 1. The zero-order valence-electron chi connectivity index (χ0n) is 12.8. The topological polar surface area (TPSA) is 54.0 Å². The predicted molar refractivity (Wildman–Crippen MR) is 89.1 cm³/mol. The van der Waals surface area contributed by atoms with E-state index in [4.69, 9.17) is 0 Å². The third-order valence-corrected chi connectivity index (χ3v) is 4.81. The van der Waals surface area contributed by atoms with E-state index in [9.17, 15) is 9.18 Å². The van der Waals surface area contributed by atoms with Gasteiger partial charge in [0.05, 0.1) is 17.1 Å². The zero-order valence-corrected chi connectivity index (χ0v) is 13.7. The molecule has 4 nitrogen and oxygen atoms in total. The van der Waals surface area contributed by atoms with Crippen molar-refractivity contribution in [1.29, 1.82) is 0 Å². The van der Waals surface area contributed by atoms with Gasteiger partial charge in [0.2, 0.25) is 5.91 Å². The monoisotopic (exact) mass is 333 g/mol. The van der Waals surface area contributed by atoms with Crippen LogP contribution in [0.3, 0.4) is 0 Å². The van der Waals surface area contributed by atoms with Gasteiger partial charge >= 0.3 is 0 Å². The summed E-state index contributed by atoms with van der Waals surface area (Å²) in [5.74, 6) is -0.196. The second-order valence-electron chi connectivity index (χ2n) is 5.80. The van der Waals surface area contributed by atoms with E-state index in [1.807, 2.05) is 5.38 Å². The average Bonchev–Trinajstić information content (AvgIpc) is 2.97. The molecule has 1 aromatic carbocycles. The van der Waals surface area contributed by atoms with E-state index < -0.39 is 0 Å². The van der Waals surface area contributed by atoms with Crippen molar-refractivity contribution in [3.05, 3.63) is 51.7 Å². The van der Waals surface area contributed by atoms with E-state index in [-0.39, 0.29) is 17.8 Å². The Morgan fingerprint density at radius 2 is 2.04 bits per heavy atom. The third kappa shape index (κ3) is 4.84. The first-order valence-corrected chi connectivity index (χ1v) is 8.75. The molecule has 0 radical (unpaired) electrons. The van der Waals surface area contributed by atoms with Gasteiger partial charge < -0.3 is 10.6 Å². The molecular formula is C17H20FN3OS. The summed E-state index contributed by atoms with van der Waals surface area (Å²) >= 11 is 1.54. The quantitative estimate of drug-likeness (QED) is 0.883. The van der Waals surface area contributed by atoms with Crippen LogP contribution in [0.1, 0.15) is 29.1 Å². The lowest BCUT2D eigenvalue weighted by Crippen LogP contribution is -2.43. The van der Waals surface area contributed by atoms with Crippen molar-refractivity contribution < 1.29 is 9.18 Å². The first-order valence-electron chi connectivity index (χ1n) is 7.87. The molecule has 1 amide bonds. The Morgan fingerprint density at radius 1 is 1.30 bits per heavy atom. The molecule has 1 aliphatic heterocycles. The molecule has 1 fully saturated rings. The fraction of sp³-hybridized carbons (Fsp3) is 0.412. The molecule has 2 N–H and O–H groups in total. The summed E-state index contributed by atoms with van der Waals surface area (Å²) < 4.78 is 12.9. The average molecular weight is 333 g/mol. The van der Waals surface area contributed by atoms with Gasteiger partial charge in [-0.25, -0.2) is 9.37 Å². The summed E-state index contributed by atoms with van der Waals surface area (Å²) in [6.45, 7) is 1.92. The van der Waals surface area contributed by atoms with Crippen LogP contribution in [-0.2, 0) is 17.6 Å². The van der Waals surface area contributed by atoms with Crippen molar-refractivity contribution in [2.24, 2.45) is 0 Å². The summed E-state index contributed by atoms with van der Waals surface area (Å²) in [6, 6.07) is 6.72. The van der Waals surface area contributed by atoms with Crippen molar-refractivity contribution in [1.82, 2.24) is 15.6 Å². The number of piperidine rings is 1. The molecular weight excluding hydrogens is 313 g/mol. The molecule has 0 spiro atoms. The van der Waals surface area contributed by atoms with E-state index in [1.165, 1.54) is 12.1 Å². The maximum absolute atomic E-state index is 12.9. The number of carbonyl (C=O) groups is 1. The number of nitrogens with one attached hydrogen (secondary N) is 2. The number of amides is 1. The molecule has 0 saturated carbocycles. The van der Waals surface area contributed by atoms with E-state index in [1.54, 1.807) is 23.5 Å². The Bertz CT molecular complexity index is 650. The van der Waals surface area contributed by atoms with Crippen LogP contribution >= 0.6 is 11.3 Å². The molecule has 3 rings (SSSR count). The normalized spacial score (nSPS) is 15.5. The van der Waals surface area contributed by atoms with E-state index in [0.29, 0.717) is 12.8 Å². The van der Waals surface area contributed by atoms with Gasteiger partial charge in [0.25, 0.3) is 0 Å². The minimum absolute atomic E-state index is 0.0375. The standard InChI is InChI=1S/C17H20FN3OS/c18-13-3-1-12(2-4-13)9-17-21-15(11-23-17)10-16(22)20-14-5-7-19-8-6-14/h1-4,11,14,19H,5-10H2,(H,20,22). The second kappa shape index (κ2) is 7.66. The lowest BCUT2D eigenvalue weighted by atomic mass is 10.1. The third-order valence-electron chi connectivity index (χ3n) is 3.91. The highest BCUT2D eigenvalue weighted by Crippen LogP contribution is 2.16. The molecule has 23 heavy (non-hydrogen) atoms. The van der Waals surface area contributed by atoms with Crippen molar-refractivity contribution in [2.45, 2.75) is 31.7 Å². The zero-order chi connectivity index (χ0) is 16.1. The number of hydrogen-bond acceptors (Lipinski definition) is 4. The van der Waals surface area contributed by atoms with Gasteiger partial charge in [0.1, 0.15) is 5.82 Å². The van der Waals surface area contributed by atoms with Gasteiger partial charge in [-0.05, 0) is 43.6 Å². The molecule has 6 heteroatoms. The van der Waals surface area contributed by atoms with Crippen molar-refractivity contribution >= 4 is 17.2 Å². The Kier molecular flexibility index (Phi) is 5.35. The molecule has 2 aromatic rings. The van der Waals surface area contributed by atoms with Crippen molar-refractivity contribution in [3.63, 3.8) is 0 Å². The number of aromatic nitrogens is 1. The second-order valence-corrected chi connectivity index (χ2v) is 6.75. The molecule has 1 aliphatic rings. The molecule has 1 aromatic heterocycles. The lowest BCUT2D eigenvalue weighted by Gasteiger charge is -2.23. The van der Waals surface area contributed by atoms with Crippen LogP contribution in [0.2, 0.25) is 0 Å².